The minimum Gasteiger partial charge on any atom is -0.493 e. The lowest BCUT2D eigenvalue weighted by molar-refractivity contribution is -0.118. The molecule has 0 radical (unpaired) electrons. The van der Waals surface area contributed by atoms with E-state index in [0.717, 1.165) is 11.1 Å². The summed E-state index contributed by atoms with van der Waals surface area (Å²) in [7, 11) is 1.52. The molecule has 0 aliphatic carbocycles. The van der Waals surface area contributed by atoms with Gasteiger partial charge in [0, 0.05) is 11.3 Å². The second-order valence-electron chi connectivity index (χ2n) is 8.92. The zero-order chi connectivity index (χ0) is 28.1. The van der Waals surface area contributed by atoms with Gasteiger partial charge in [-0.25, -0.2) is 4.98 Å². The number of amides is 1. The summed E-state index contributed by atoms with van der Waals surface area (Å²) in [6, 6.07) is 27.7. The van der Waals surface area contributed by atoms with E-state index in [4.69, 9.17) is 14.5 Å². The van der Waals surface area contributed by atoms with Gasteiger partial charge in [0.15, 0.2) is 23.9 Å². The van der Waals surface area contributed by atoms with Crippen molar-refractivity contribution in [2.75, 3.05) is 19.0 Å². The predicted molar refractivity (Wildman–Crippen MR) is 165 cm³/mol. The van der Waals surface area contributed by atoms with Gasteiger partial charge in [0.25, 0.3) is 11.5 Å². The Balaban J connectivity index is 1.42. The molecule has 0 fully saturated rings. The van der Waals surface area contributed by atoms with Crippen LogP contribution in [0.5, 0.6) is 11.5 Å². The van der Waals surface area contributed by atoms with Gasteiger partial charge in [0.2, 0.25) is 0 Å². The summed E-state index contributed by atoms with van der Waals surface area (Å²) < 4.78 is 13.4. The highest BCUT2D eigenvalue weighted by Crippen LogP contribution is 2.33. The number of aryl methyl sites for hydroxylation is 1. The number of benzene rings is 4. The van der Waals surface area contributed by atoms with Crippen molar-refractivity contribution in [3.05, 3.63) is 116 Å². The van der Waals surface area contributed by atoms with E-state index in [1.165, 1.54) is 11.8 Å². The third-order valence-corrected chi connectivity index (χ3v) is 6.84. The summed E-state index contributed by atoms with van der Waals surface area (Å²) in [4.78, 5) is 30.6. The van der Waals surface area contributed by atoms with Crippen molar-refractivity contribution in [3.63, 3.8) is 0 Å². The lowest BCUT2D eigenvalue weighted by atomic mass is 10.2. The Morgan fingerprint density at radius 2 is 1.75 bits per heavy atom. The molecule has 0 saturated carbocycles. The van der Waals surface area contributed by atoms with Crippen LogP contribution in [0.15, 0.2) is 101 Å². The second-order valence-corrected chi connectivity index (χ2v) is 10.1. The quantitative estimate of drug-likeness (QED) is 0.168. The second kappa shape index (κ2) is 12.1. The molecule has 8 nitrogen and oxygen atoms in total. The molecular formula is C31H25IN4O4. The monoisotopic (exact) mass is 644 g/mol. The maximum absolute atomic E-state index is 13.4. The summed E-state index contributed by atoms with van der Waals surface area (Å²) >= 11 is 2.12. The van der Waals surface area contributed by atoms with Crippen LogP contribution >= 0.6 is 22.6 Å². The molecule has 1 heterocycles. The number of halogens is 1. The molecule has 1 N–H and O–H groups in total. The Kier molecular flexibility index (Phi) is 8.20. The lowest BCUT2D eigenvalue weighted by Crippen LogP contribution is -2.21. The largest absolute Gasteiger partial charge is 0.493 e. The molecule has 200 valence electrons. The number of carbonyl (C=O) groups excluding carboxylic acids is 1. The van der Waals surface area contributed by atoms with E-state index in [0.29, 0.717) is 43.0 Å². The zero-order valence-electron chi connectivity index (χ0n) is 21.8. The van der Waals surface area contributed by atoms with Crippen LogP contribution in [0.25, 0.3) is 22.3 Å². The summed E-state index contributed by atoms with van der Waals surface area (Å²) in [6.45, 7) is 1.79. The van der Waals surface area contributed by atoms with Gasteiger partial charge in [-0.15, -0.1) is 0 Å². The highest BCUT2D eigenvalue weighted by Gasteiger charge is 2.15. The van der Waals surface area contributed by atoms with E-state index in [1.54, 1.807) is 24.4 Å². The Hall–Kier alpha value is -4.51. The van der Waals surface area contributed by atoms with Crippen LogP contribution in [0.1, 0.15) is 11.1 Å². The number of methoxy groups -OCH3 is 1. The number of para-hydroxylation sites is 1. The summed E-state index contributed by atoms with van der Waals surface area (Å²) in [5.74, 6) is 1.02. The predicted octanol–water partition coefficient (Wildman–Crippen LogP) is 5.88. The number of carbonyl (C=O) groups is 1. The smallest absolute Gasteiger partial charge is 0.282 e. The molecule has 4 aromatic carbocycles. The highest BCUT2D eigenvalue weighted by molar-refractivity contribution is 14.1. The number of aromatic nitrogens is 2. The van der Waals surface area contributed by atoms with Gasteiger partial charge in [-0.2, -0.15) is 9.78 Å². The first-order valence-electron chi connectivity index (χ1n) is 12.4. The average Bonchev–Trinajstić information content (AvgIpc) is 2.97. The van der Waals surface area contributed by atoms with Crippen molar-refractivity contribution in [2.45, 2.75) is 6.92 Å². The first-order chi connectivity index (χ1) is 19.4. The molecule has 9 heteroatoms. The van der Waals surface area contributed by atoms with Crippen LogP contribution in [0.3, 0.4) is 0 Å². The number of hydrogen-bond acceptors (Lipinski definition) is 6. The summed E-state index contributed by atoms with van der Waals surface area (Å²) in [5, 5.41) is 7.82. The fourth-order valence-electron chi connectivity index (χ4n) is 4.06. The van der Waals surface area contributed by atoms with Gasteiger partial charge in [-0.3, -0.25) is 9.59 Å². The number of fused-ring (bicyclic) bond motifs is 1. The van der Waals surface area contributed by atoms with Crippen molar-refractivity contribution < 1.29 is 14.3 Å². The Labute approximate surface area is 244 Å². The summed E-state index contributed by atoms with van der Waals surface area (Å²) in [5.41, 5.74) is 3.57. The first-order valence-corrected chi connectivity index (χ1v) is 13.5. The third-order valence-electron chi connectivity index (χ3n) is 6.04. The Morgan fingerprint density at radius 1 is 1.02 bits per heavy atom. The van der Waals surface area contributed by atoms with E-state index < -0.39 is 0 Å². The third kappa shape index (κ3) is 6.04. The maximum Gasteiger partial charge on any atom is 0.282 e. The number of ether oxygens (including phenoxy) is 2. The molecule has 0 saturated heterocycles. The molecule has 1 aromatic heterocycles. The molecule has 0 aliphatic rings. The normalized spacial score (nSPS) is 11.1. The molecule has 1 amide bonds. The van der Waals surface area contributed by atoms with Crippen molar-refractivity contribution in [3.8, 4) is 22.9 Å². The van der Waals surface area contributed by atoms with Crippen molar-refractivity contribution in [2.24, 2.45) is 5.10 Å². The van der Waals surface area contributed by atoms with Crippen molar-refractivity contribution in [1.82, 2.24) is 9.66 Å². The van der Waals surface area contributed by atoms with Crippen LogP contribution in [0, 0.1) is 10.5 Å². The van der Waals surface area contributed by atoms with E-state index in [-0.39, 0.29) is 18.1 Å². The topological polar surface area (TPSA) is 94.8 Å². The van der Waals surface area contributed by atoms with Gasteiger partial charge in [0.1, 0.15) is 0 Å². The maximum atomic E-state index is 13.4. The number of hydrogen-bond donors (Lipinski definition) is 1. The molecule has 0 bridgehead atoms. The highest BCUT2D eigenvalue weighted by atomic mass is 127. The lowest BCUT2D eigenvalue weighted by Gasteiger charge is -2.14. The van der Waals surface area contributed by atoms with Gasteiger partial charge in [-0.1, -0.05) is 60.2 Å². The molecule has 5 rings (SSSR count). The van der Waals surface area contributed by atoms with Gasteiger partial charge < -0.3 is 14.8 Å². The van der Waals surface area contributed by atoms with Gasteiger partial charge >= 0.3 is 0 Å². The van der Waals surface area contributed by atoms with E-state index in [9.17, 15) is 9.59 Å². The molecule has 0 spiro atoms. The van der Waals surface area contributed by atoms with Crippen molar-refractivity contribution in [1.29, 1.82) is 0 Å². The standard InChI is InChI=1S/C31H25IN4O4/c1-20-12-14-23(15-13-20)34-28(37)19-40-29-25(32)16-21(17-27(29)39-2)18-33-36-30(22-8-4-3-5-9-22)35-26-11-7-6-10-24(26)31(36)38/h3-18H,19H2,1-2H3,(H,34,37). The van der Waals surface area contributed by atoms with Crippen LogP contribution in [0.4, 0.5) is 5.69 Å². The minimum absolute atomic E-state index is 0.188. The fraction of sp³-hybridized carbons (Fsp3) is 0.0968. The number of nitrogens with zero attached hydrogens (tertiary/aromatic N) is 3. The molecule has 40 heavy (non-hydrogen) atoms. The molecule has 0 unspecified atom stereocenters. The molecule has 0 atom stereocenters. The van der Waals surface area contributed by atoms with Crippen LogP contribution in [-0.2, 0) is 4.79 Å². The van der Waals surface area contributed by atoms with Crippen molar-refractivity contribution >= 4 is 51.3 Å². The number of anilines is 1. The number of rotatable bonds is 8. The molecular weight excluding hydrogens is 619 g/mol. The number of nitrogens with one attached hydrogen (secondary N) is 1. The average molecular weight is 644 g/mol. The van der Waals surface area contributed by atoms with Gasteiger partial charge in [0.05, 0.1) is 27.8 Å². The fourth-order valence-corrected chi connectivity index (χ4v) is 4.84. The first kappa shape index (κ1) is 27.1. The van der Waals surface area contributed by atoms with E-state index in [1.807, 2.05) is 79.7 Å². The van der Waals surface area contributed by atoms with E-state index in [2.05, 4.69) is 33.0 Å². The Bertz CT molecular complexity index is 1770. The summed E-state index contributed by atoms with van der Waals surface area (Å²) in [6.07, 6.45) is 1.57. The Morgan fingerprint density at radius 3 is 2.50 bits per heavy atom. The van der Waals surface area contributed by atoms with Crippen LogP contribution < -0.4 is 20.3 Å². The van der Waals surface area contributed by atoms with Crippen LogP contribution in [-0.4, -0.2) is 35.5 Å². The SMILES string of the molecule is COc1cc(C=Nn2c(-c3ccccc3)nc3ccccc3c2=O)cc(I)c1OCC(=O)Nc1ccc(C)cc1. The van der Waals surface area contributed by atoms with E-state index >= 15 is 0 Å². The zero-order valence-corrected chi connectivity index (χ0v) is 24.0. The van der Waals surface area contributed by atoms with Gasteiger partial charge in [-0.05, 0) is 71.5 Å². The minimum atomic E-state index is -0.288. The molecule has 5 aromatic rings. The van der Waals surface area contributed by atoms with Crippen LogP contribution in [0.2, 0.25) is 0 Å². The molecule has 0 aliphatic heterocycles.